The van der Waals surface area contributed by atoms with E-state index in [4.69, 9.17) is 9.73 Å². The maximum Gasteiger partial charge on any atom is 0.191 e. The van der Waals surface area contributed by atoms with Gasteiger partial charge in [-0.3, -0.25) is 4.68 Å². The molecule has 0 aromatic carbocycles. The molecule has 2 aromatic heterocycles. The van der Waals surface area contributed by atoms with Crippen molar-refractivity contribution >= 4 is 35.8 Å². The van der Waals surface area contributed by atoms with E-state index in [1.165, 1.54) is 5.69 Å². The summed E-state index contributed by atoms with van der Waals surface area (Å²) in [5.74, 6) is 1.84. The van der Waals surface area contributed by atoms with Crippen LogP contribution in [-0.2, 0) is 17.8 Å². The Kier molecular flexibility index (Phi) is 10.5. The van der Waals surface area contributed by atoms with Crippen molar-refractivity contribution in [2.75, 3.05) is 37.7 Å². The number of hydrogen-bond donors (Lipinski definition) is 2. The van der Waals surface area contributed by atoms with Gasteiger partial charge in [-0.15, -0.1) is 24.0 Å². The number of guanidine groups is 1. The molecule has 2 N–H and O–H groups in total. The molecule has 1 unspecified atom stereocenters. The first-order valence-corrected chi connectivity index (χ1v) is 10.9. The average molecular weight is 541 g/mol. The van der Waals surface area contributed by atoms with Crippen LogP contribution in [0.15, 0.2) is 29.4 Å². The summed E-state index contributed by atoms with van der Waals surface area (Å²) in [7, 11) is 0. The number of anilines is 1. The van der Waals surface area contributed by atoms with E-state index in [0.717, 1.165) is 68.8 Å². The topological polar surface area (TPSA) is 79.6 Å². The molecular weight excluding hydrogens is 505 g/mol. The number of rotatable bonds is 8. The van der Waals surface area contributed by atoms with Gasteiger partial charge in [0.15, 0.2) is 5.96 Å². The lowest BCUT2D eigenvalue weighted by Crippen LogP contribution is -2.41. The first kappa shape index (κ1) is 25.4. The van der Waals surface area contributed by atoms with Crippen LogP contribution in [0.5, 0.6) is 0 Å². The quantitative estimate of drug-likeness (QED) is 0.232. The highest BCUT2D eigenvalue weighted by Gasteiger charge is 2.17. The molecule has 2 aromatic rings. The van der Waals surface area contributed by atoms with Gasteiger partial charge in [0.25, 0.3) is 0 Å². The van der Waals surface area contributed by atoms with Crippen LogP contribution in [0, 0.1) is 13.8 Å². The number of aryl methyl sites for hydroxylation is 3. The van der Waals surface area contributed by atoms with Crippen LogP contribution in [0.1, 0.15) is 37.2 Å². The summed E-state index contributed by atoms with van der Waals surface area (Å²) < 4.78 is 7.67. The van der Waals surface area contributed by atoms with E-state index >= 15 is 0 Å². The first-order chi connectivity index (χ1) is 14.5. The molecule has 0 bridgehead atoms. The number of aromatic nitrogens is 3. The molecule has 1 fully saturated rings. The van der Waals surface area contributed by atoms with Crippen molar-refractivity contribution < 1.29 is 4.74 Å². The largest absolute Gasteiger partial charge is 0.375 e. The van der Waals surface area contributed by atoms with Crippen LogP contribution in [0.3, 0.4) is 0 Å². The zero-order valence-electron chi connectivity index (χ0n) is 19.1. The van der Waals surface area contributed by atoms with Crippen LogP contribution in [-0.4, -0.2) is 59.6 Å². The number of halogens is 1. The molecule has 9 heteroatoms. The van der Waals surface area contributed by atoms with Gasteiger partial charge in [-0.05, 0) is 51.8 Å². The fourth-order valence-electron chi connectivity index (χ4n) is 3.57. The van der Waals surface area contributed by atoms with Crippen LogP contribution in [0.25, 0.3) is 0 Å². The van der Waals surface area contributed by atoms with Crippen molar-refractivity contribution in [3.8, 4) is 0 Å². The monoisotopic (exact) mass is 541 g/mol. The smallest absolute Gasteiger partial charge is 0.191 e. The van der Waals surface area contributed by atoms with E-state index in [1.54, 1.807) is 0 Å². The predicted octanol–water partition coefficient (Wildman–Crippen LogP) is 2.88. The fourth-order valence-corrected chi connectivity index (χ4v) is 3.57. The van der Waals surface area contributed by atoms with Gasteiger partial charge >= 0.3 is 0 Å². The zero-order chi connectivity index (χ0) is 21.3. The van der Waals surface area contributed by atoms with E-state index < -0.39 is 0 Å². The van der Waals surface area contributed by atoms with E-state index in [0.29, 0.717) is 6.54 Å². The summed E-state index contributed by atoms with van der Waals surface area (Å²) in [4.78, 5) is 11.6. The van der Waals surface area contributed by atoms with E-state index in [-0.39, 0.29) is 30.1 Å². The maximum absolute atomic E-state index is 5.61. The Labute approximate surface area is 202 Å². The van der Waals surface area contributed by atoms with E-state index in [2.05, 4.69) is 69.3 Å². The summed E-state index contributed by atoms with van der Waals surface area (Å²) in [5.41, 5.74) is 3.37. The van der Waals surface area contributed by atoms with Crippen molar-refractivity contribution in [3.63, 3.8) is 0 Å². The Morgan fingerprint density at radius 3 is 2.77 bits per heavy atom. The van der Waals surface area contributed by atoms with Crippen LogP contribution in [0.2, 0.25) is 0 Å². The van der Waals surface area contributed by atoms with Crippen LogP contribution in [0.4, 0.5) is 5.82 Å². The van der Waals surface area contributed by atoms with Gasteiger partial charge in [-0.25, -0.2) is 9.98 Å². The molecular formula is C22H36IN7O. The number of aliphatic imine (C=N–C) groups is 1. The number of morpholine rings is 1. The van der Waals surface area contributed by atoms with Gasteiger partial charge in [0.05, 0.1) is 24.9 Å². The van der Waals surface area contributed by atoms with Crippen LogP contribution < -0.4 is 15.5 Å². The third kappa shape index (κ3) is 7.95. The van der Waals surface area contributed by atoms with Crippen molar-refractivity contribution in [2.24, 2.45) is 4.99 Å². The first-order valence-electron chi connectivity index (χ1n) is 10.9. The second-order valence-electron chi connectivity index (χ2n) is 7.78. The third-order valence-corrected chi connectivity index (χ3v) is 5.08. The number of nitrogens with one attached hydrogen (secondary N) is 2. The fraction of sp³-hybridized carbons (Fsp3) is 0.591. The standard InChI is InChI=1S/C22H35N7O.HI/c1-5-23-22(24-9-6-10-29-18(3)13-17(2)27-29)26-15-20-7-8-21(25-14-20)28-11-12-30-19(4)16-28;/h7-8,13-14,19H,5-6,9-12,15-16H2,1-4H3,(H2,23,24,26);1H. The minimum atomic E-state index is 0. The Hall–Kier alpha value is -1.88. The highest BCUT2D eigenvalue weighted by atomic mass is 127. The minimum absolute atomic E-state index is 0. The molecule has 0 amide bonds. The van der Waals surface area contributed by atoms with Crippen LogP contribution >= 0.6 is 24.0 Å². The zero-order valence-corrected chi connectivity index (χ0v) is 21.4. The second kappa shape index (κ2) is 12.8. The highest BCUT2D eigenvalue weighted by Crippen LogP contribution is 2.15. The molecule has 31 heavy (non-hydrogen) atoms. The molecule has 1 aliphatic heterocycles. The summed E-state index contributed by atoms with van der Waals surface area (Å²) in [6.07, 6.45) is 3.16. The van der Waals surface area contributed by atoms with Gasteiger partial charge in [0, 0.05) is 44.6 Å². The summed E-state index contributed by atoms with van der Waals surface area (Å²) in [6.45, 7) is 14.0. The number of hydrogen-bond acceptors (Lipinski definition) is 5. The molecule has 0 saturated carbocycles. The summed E-state index contributed by atoms with van der Waals surface area (Å²) in [5, 5.41) is 11.2. The molecule has 1 aliphatic rings. The molecule has 172 valence electrons. The van der Waals surface area contributed by atoms with Crippen molar-refractivity contribution in [3.05, 3.63) is 41.3 Å². The number of nitrogens with zero attached hydrogens (tertiary/aromatic N) is 5. The van der Waals surface area contributed by atoms with Gasteiger partial charge in [-0.1, -0.05) is 6.07 Å². The second-order valence-corrected chi connectivity index (χ2v) is 7.78. The Morgan fingerprint density at radius 2 is 2.13 bits per heavy atom. The van der Waals surface area contributed by atoms with E-state index in [9.17, 15) is 0 Å². The van der Waals surface area contributed by atoms with Crippen molar-refractivity contribution in [1.82, 2.24) is 25.4 Å². The predicted molar refractivity (Wildman–Crippen MR) is 136 cm³/mol. The summed E-state index contributed by atoms with van der Waals surface area (Å²) in [6, 6.07) is 6.30. The molecule has 3 heterocycles. The molecule has 1 atom stereocenters. The van der Waals surface area contributed by atoms with E-state index in [1.807, 2.05) is 13.1 Å². The normalized spacial score (nSPS) is 16.7. The van der Waals surface area contributed by atoms with Crippen molar-refractivity contribution in [2.45, 2.75) is 53.3 Å². The highest BCUT2D eigenvalue weighted by molar-refractivity contribution is 14.0. The lowest BCUT2D eigenvalue weighted by molar-refractivity contribution is 0.0529. The average Bonchev–Trinajstić information content (AvgIpc) is 3.06. The minimum Gasteiger partial charge on any atom is -0.375 e. The number of pyridine rings is 1. The molecule has 8 nitrogen and oxygen atoms in total. The Morgan fingerprint density at radius 1 is 1.29 bits per heavy atom. The molecule has 0 radical (unpaired) electrons. The SMILES string of the molecule is CCNC(=NCc1ccc(N2CCOC(C)C2)nc1)NCCCn1nc(C)cc1C.I. The van der Waals surface area contributed by atoms with Gasteiger partial charge < -0.3 is 20.3 Å². The van der Waals surface area contributed by atoms with Gasteiger partial charge in [-0.2, -0.15) is 5.10 Å². The maximum atomic E-state index is 5.61. The Bertz CT molecular complexity index is 822. The lowest BCUT2D eigenvalue weighted by atomic mass is 10.2. The lowest BCUT2D eigenvalue weighted by Gasteiger charge is -2.32. The third-order valence-electron chi connectivity index (χ3n) is 5.08. The summed E-state index contributed by atoms with van der Waals surface area (Å²) >= 11 is 0. The molecule has 0 spiro atoms. The number of ether oxygens (including phenoxy) is 1. The molecule has 0 aliphatic carbocycles. The molecule has 3 rings (SSSR count). The van der Waals surface area contributed by atoms with Crippen molar-refractivity contribution in [1.29, 1.82) is 0 Å². The van der Waals surface area contributed by atoms with Gasteiger partial charge in [0.1, 0.15) is 5.82 Å². The Balaban J connectivity index is 0.00000341. The molecule has 1 saturated heterocycles. The van der Waals surface area contributed by atoms with Gasteiger partial charge in [0.2, 0.25) is 0 Å².